The standard InChI is InChI=1S/C18H23NO4/c1-12-11-14(13-3-2-4-13)23-17(21)15(12)16(20)19-8-5-18(6-9-19)7-10-22-18/h11,13H,2-10H2,1H3. The summed E-state index contributed by atoms with van der Waals surface area (Å²) >= 11 is 0. The molecule has 0 radical (unpaired) electrons. The van der Waals surface area contributed by atoms with Crippen molar-refractivity contribution in [3.05, 3.63) is 33.4 Å². The lowest BCUT2D eigenvalue weighted by molar-refractivity contribution is -0.169. The summed E-state index contributed by atoms with van der Waals surface area (Å²) < 4.78 is 11.1. The lowest BCUT2D eigenvalue weighted by Crippen LogP contribution is -2.53. The highest BCUT2D eigenvalue weighted by atomic mass is 16.5. The van der Waals surface area contributed by atoms with E-state index in [1.165, 1.54) is 6.42 Å². The Kier molecular flexibility index (Phi) is 3.56. The Labute approximate surface area is 135 Å². The van der Waals surface area contributed by atoms with Crippen molar-refractivity contribution in [1.82, 2.24) is 4.90 Å². The van der Waals surface area contributed by atoms with E-state index in [1.807, 2.05) is 13.0 Å². The number of likely N-dealkylation sites (tertiary alicyclic amines) is 1. The van der Waals surface area contributed by atoms with Crippen LogP contribution >= 0.6 is 0 Å². The van der Waals surface area contributed by atoms with Crippen LogP contribution in [0.25, 0.3) is 0 Å². The van der Waals surface area contributed by atoms with Crippen molar-refractivity contribution in [2.45, 2.75) is 57.0 Å². The molecular weight excluding hydrogens is 294 g/mol. The summed E-state index contributed by atoms with van der Waals surface area (Å²) in [7, 11) is 0. The smallest absolute Gasteiger partial charge is 0.349 e. The molecule has 1 spiro atoms. The van der Waals surface area contributed by atoms with Crippen molar-refractivity contribution in [3.63, 3.8) is 0 Å². The molecule has 0 bridgehead atoms. The van der Waals surface area contributed by atoms with Gasteiger partial charge in [-0.3, -0.25) is 4.79 Å². The van der Waals surface area contributed by atoms with Crippen LogP contribution in [0.2, 0.25) is 0 Å². The molecule has 5 heteroatoms. The predicted molar refractivity (Wildman–Crippen MR) is 84.7 cm³/mol. The summed E-state index contributed by atoms with van der Waals surface area (Å²) in [4.78, 5) is 26.9. The van der Waals surface area contributed by atoms with E-state index in [4.69, 9.17) is 9.15 Å². The van der Waals surface area contributed by atoms with E-state index < -0.39 is 5.63 Å². The van der Waals surface area contributed by atoms with Gasteiger partial charge in [0.25, 0.3) is 5.91 Å². The quantitative estimate of drug-likeness (QED) is 0.841. The van der Waals surface area contributed by atoms with Crippen molar-refractivity contribution in [3.8, 4) is 0 Å². The van der Waals surface area contributed by atoms with Gasteiger partial charge in [-0.15, -0.1) is 0 Å². The lowest BCUT2D eigenvalue weighted by atomic mass is 9.83. The second-order valence-electron chi connectivity index (χ2n) is 7.20. The molecule has 4 rings (SSSR count). The summed E-state index contributed by atoms with van der Waals surface area (Å²) in [5, 5.41) is 0. The number of nitrogens with zero attached hydrogens (tertiary/aromatic N) is 1. The van der Waals surface area contributed by atoms with Crippen molar-refractivity contribution in [1.29, 1.82) is 0 Å². The Hall–Kier alpha value is -1.62. The van der Waals surface area contributed by atoms with E-state index in [2.05, 4.69) is 0 Å². The lowest BCUT2D eigenvalue weighted by Gasteiger charge is -2.47. The predicted octanol–water partition coefficient (Wildman–Crippen LogP) is 2.61. The molecule has 3 aliphatic rings. The second kappa shape index (κ2) is 5.48. The molecule has 3 fully saturated rings. The molecule has 2 aliphatic heterocycles. The fourth-order valence-electron chi connectivity index (χ4n) is 3.84. The van der Waals surface area contributed by atoms with Gasteiger partial charge in [-0.05, 0) is 50.7 Å². The third-order valence-corrected chi connectivity index (χ3v) is 5.82. The van der Waals surface area contributed by atoms with Gasteiger partial charge in [0, 0.05) is 19.0 Å². The Balaban J connectivity index is 1.53. The molecule has 0 unspecified atom stereocenters. The number of carbonyl (C=O) groups is 1. The average molecular weight is 317 g/mol. The maximum atomic E-state index is 12.7. The fraction of sp³-hybridized carbons (Fsp3) is 0.667. The van der Waals surface area contributed by atoms with Crippen LogP contribution < -0.4 is 5.63 Å². The normalized spacial score (nSPS) is 23.4. The van der Waals surface area contributed by atoms with E-state index in [0.29, 0.717) is 19.0 Å². The fourth-order valence-corrected chi connectivity index (χ4v) is 3.84. The SMILES string of the molecule is Cc1cc(C2CCC2)oc(=O)c1C(=O)N1CCC2(CCO2)CC1. The molecule has 23 heavy (non-hydrogen) atoms. The first-order valence-electron chi connectivity index (χ1n) is 8.66. The highest BCUT2D eigenvalue weighted by molar-refractivity contribution is 5.95. The topological polar surface area (TPSA) is 59.8 Å². The van der Waals surface area contributed by atoms with Gasteiger partial charge >= 0.3 is 5.63 Å². The molecule has 1 amide bonds. The Morgan fingerprint density at radius 3 is 2.43 bits per heavy atom. The van der Waals surface area contributed by atoms with Crippen molar-refractivity contribution in [2.24, 2.45) is 0 Å². The average Bonchev–Trinajstić information content (AvgIpc) is 2.43. The van der Waals surface area contributed by atoms with Crippen LogP contribution in [0.15, 0.2) is 15.3 Å². The van der Waals surface area contributed by atoms with Crippen LogP contribution in [0.3, 0.4) is 0 Å². The molecule has 1 aliphatic carbocycles. The Morgan fingerprint density at radius 2 is 1.96 bits per heavy atom. The summed E-state index contributed by atoms with van der Waals surface area (Å²) in [5.41, 5.74) is 0.480. The van der Waals surface area contributed by atoms with Crippen molar-refractivity contribution in [2.75, 3.05) is 19.7 Å². The molecule has 1 aromatic rings. The van der Waals surface area contributed by atoms with Gasteiger partial charge in [0.15, 0.2) is 0 Å². The number of aryl methyl sites for hydroxylation is 1. The maximum absolute atomic E-state index is 12.7. The third-order valence-electron chi connectivity index (χ3n) is 5.82. The first-order valence-corrected chi connectivity index (χ1v) is 8.66. The molecule has 0 atom stereocenters. The largest absolute Gasteiger partial charge is 0.427 e. The number of rotatable bonds is 2. The zero-order valence-corrected chi connectivity index (χ0v) is 13.6. The maximum Gasteiger partial charge on any atom is 0.349 e. The first kappa shape index (κ1) is 14.9. The summed E-state index contributed by atoms with van der Waals surface area (Å²) in [5.74, 6) is 0.914. The third kappa shape index (κ3) is 2.51. The molecular formula is C18H23NO4. The van der Waals surface area contributed by atoms with Gasteiger partial charge in [-0.1, -0.05) is 6.42 Å². The molecule has 124 valence electrons. The molecule has 2 saturated heterocycles. The van der Waals surface area contributed by atoms with Crippen molar-refractivity contribution < 1.29 is 13.9 Å². The second-order valence-corrected chi connectivity index (χ2v) is 7.20. The van der Waals surface area contributed by atoms with Crippen LogP contribution in [0, 0.1) is 6.92 Å². The van der Waals surface area contributed by atoms with Crippen LogP contribution in [-0.4, -0.2) is 36.1 Å². The van der Waals surface area contributed by atoms with E-state index in [9.17, 15) is 9.59 Å². The number of hydrogen-bond acceptors (Lipinski definition) is 4. The van der Waals surface area contributed by atoms with E-state index >= 15 is 0 Å². The summed E-state index contributed by atoms with van der Waals surface area (Å²) in [6, 6.07) is 1.89. The van der Waals surface area contributed by atoms with Gasteiger partial charge in [0.1, 0.15) is 11.3 Å². The van der Waals surface area contributed by atoms with Gasteiger partial charge < -0.3 is 14.1 Å². The minimum Gasteiger partial charge on any atom is -0.427 e. The zero-order valence-electron chi connectivity index (χ0n) is 13.6. The minimum absolute atomic E-state index is 0.00454. The first-order chi connectivity index (χ1) is 11.1. The summed E-state index contributed by atoms with van der Waals surface area (Å²) in [6.07, 6.45) is 6.15. The van der Waals surface area contributed by atoms with Gasteiger partial charge in [0.2, 0.25) is 0 Å². The summed E-state index contributed by atoms with van der Waals surface area (Å²) in [6.45, 7) is 3.98. The van der Waals surface area contributed by atoms with Gasteiger partial charge in [0.05, 0.1) is 12.2 Å². The van der Waals surface area contributed by atoms with E-state index in [-0.39, 0.29) is 17.1 Å². The molecule has 0 aromatic carbocycles. The minimum atomic E-state index is -0.475. The van der Waals surface area contributed by atoms with Crippen LogP contribution in [0.5, 0.6) is 0 Å². The van der Waals surface area contributed by atoms with Gasteiger partial charge in [-0.2, -0.15) is 0 Å². The monoisotopic (exact) mass is 317 g/mol. The van der Waals surface area contributed by atoms with E-state index in [0.717, 1.165) is 50.0 Å². The van der Waals surface area contributed by atoms with E-state index in [1.54, 1.807) is 4.90 Å². The van der Waals surface area contributed by atoms with Crippen LogP contribution in [-0.2, 0) is 4.74 Å². The molecule has 1 aromatic heterocycles. The van der Waals surface area contributed by atoms with Gasteiger partial charge in [-0.25, -0.2) is 4.79 Å². The van der Waals surface area contributed by atoms with Crippen LogP contribution in [0.1, 0.15) is 66.1 Å². The Morgan fingerprint density at radius 1 is 1.26 bits per heavy atom. The number of piperidine rings is 1. The molecule has 3 heterocycles. The number of ether oxygens (including phenoxy) is 1. The van der Waals surface area contributed by atoms with Crippen molar-refractivity contribution >= 4 is 5.91 Å². The molecule has 5 nitrogen and oxygen atoms in total. The number of hydrogen-bond donors (Lipinski definition) is 0. The Bertz CT molecular complexity index is 675. The number of carbonyl (C=O) groups excluding carboxylic acids is 1. The van der Waals surface area contributed by atoms with Crippen LogP contribution in [0.4, 0.5) is 0 Å². The zero-order chi connectivity index (χ0) is 16.0. The highest BCUT2D eigenvalue weighted by Crippen LogP contribution is 2.38. The highest BCUT2D eigenvalue weighted by Gasteiger charge is 2.42. The molecule has 0 N–H and O–H groups in total. The number of amides is 1. The molecule has 1 saturated carbocycles.